The summed E-state index contributed by atoms with van der Waals surface area (Å²) in [6.07, 6.45) is 6.17. The second-order valence-electron chi connectivity index (χ2n) is 6.34. The first kappa shape index (κ1) is 14.0. The molecule has 0 atom stereocenters. The van der Waals surface area contributed by atoms with Gasteiger partial charge in [-0.15, -0.1) is 0 Å². The van der Waals surface area contributed by atoms with Gasteiger partial charge < -0.3 is 9.67 Å². The molecular formula is C19H18N2O2. The number of fused-ring (bicyclic) bond motifs is 1. The van der Waals surface area contributed by atoms with E-state index in [0.29, 0.717) is 18.5 Å². The molecule has 0 spiro atoms. The molecule has 1 aromatic carbocycles. The van der Waals surface area contributed by atoms with Crippen LogP contribution in [0.2, 0.25) is 0 Å². The van der Waals surface area contributed by atoms with Crippen LogP contribution in [-0.4, -0.2) is 20.6 Å². The third-order valence-electron chi connectivity index (χ3n) is 5.08. The van der Waals surface area contributed by atoms with Crippen molar-refractivity contribution in [2.45, 2.75) is 24.7 Å². The molecule has 1 saturated carbocycles. The summed E-state index contributed by atoms with van der Waals surface area (Å²) in [4.78, 5) is 16.1. The SMILES string of the molecule is Cn1ccc2cccc(-c3ccc(C4(C(=O)O)CCC4)nc3)c21. The van der Waals surface area contributed by atoms with E-state index >= 15 is 0 Å². The summed E-state index contributed by atoms with van der Waals surface area (Å²) in [7, 11) is 2.03. The number of para-hydroxylation sites is 1. The molecule has 3 aromatic rings. The van der Waals surface area contributed by atoms with Crippen molar-refractivity contribution >= 4 is 16.9 Å². The standard InChI is InChI=1S/C19H18N2O2/c1-21-11-8-13-4-2-5-15(17(13)21)14-6-7-16(20-12-14)19(18(22)23)9-3-10-19/h2,4-8,11-12H,3,9-10H2,1H3,(H,22,23). The summed E-state index contributed by atoms with van der Waals surface area (Å²) < 4.78 is 2.10. The van der Waals surface area contributed by atoms with Crippen LogP contribution in [-0.2, 0) is 17.3 Å². The lowest BCUT2D eigenvalue weighted by atomic mass is 9.66. The second kappa shape index (κ2) is 4.95. The van der Waals surface area contributed by atoms with Gasteiger partial charge in [0.1, 0.15) is 5.41 Å². The molecular weight excluding hydrogens is 288 g/mol. The van der Waals surface area contributed by atoms with Gasteiger partial charge in [0.15, 0.2) is 0 Å². The molecule has 1 aliphatic rings. The highest BCUT2D eigenvalue weighted by molar-refractivity contribution is 5.94. The van der Waals surface area contributed by atoms with E-state index in [0.717, 1.165) is 17.5 Å². The van der Waals surface area contributed by atoms with Crippen LogP contribution in [0.1, 0.15) is 25.0 Å². The normalized spacial score (nSPS) is 16.2. The van der Waals surface area contributed by atoms with E-state index in [4.69, 9.17) is 0 Å². The second-order valence-corrected chi connectivity index (χ2v) is 6.34. The van der Waals surface area contributed by atoms with E-state index in [2.05, 4.69) is 27.8 Å². The Kier molecular flexibility index (Phi) is 3.01. The van der Waals surface area contributed by atoms with Crippen molar-refractivity contribution in [1.82, 2.24) is 9.55 Å². The topological polar surface area (TPSA) is 55.1 Å². The Morgan fingerprint density at radius 2 is 2.04 bits per heavy atom. The minimum Gasteiger partial charge on any atom is -0.481 e. The van der Waals surface area contributed by atoms with Gasteiger partial charge in [0, 0.05) is 36.0 Å². The lowest BCUT2D eigenvalue weighted by Crippen LogP contribution is -2.43. The third kappa shape index (κ3) is 1.98. The number of nitrogens with zero attached hydrogens (tertiary/aromatic N) is 2. The lowest BCUT2D eigenvalue weighted by Gasteiger charge is -2.36. The van der Waals surface area contributed by atoms with Crippen LogP contribution in [0.4, 0.5) is 0 Å². The van der Waals surface area contributed by atoms with Gasteiger partial charge in [-0.2, -0.15) is 0 Å². The van der Waals surface area contributed by atoms with Crippen LogP contribution in [0.3, 0.4) is 0 Å². The zero-order valence-electron chi connectivity index (χ0n) is 13.0. The average molecular weight is 306 g/mol. The molecule has 0 aliphatic heterocycles. The molecule has 0 saturated heterocycles. The van der Waals surface area contributed by atoms with E-state index in [1.54, 1.807) is 6.20 Å². The van der Waals surface area contributed by atoms with Crippen LogP contribution >= 0.6 is 0 Å². The van der Waals surface area contributed by atoms with Crippen molar-refractivity contribution in [2.75, 3.05) is 0 Å². The van der Waals surface area contributed by atoms with E-state index in [9.17, 15) is 9.90 Å². The van der Waals surface area contributed by atoms with E-state index in [-0.39, 0.29) is 0 Å². The van der Waals surface area contributed by atoms with Crippen molar-refractivity contribution < 1.29 is 9.90 Å². The quantitative estimate of drug-likeness (QED) is 0.802. The molecule has 2 heterocycles. The van der Waals surface area contributed by atoms with Gasteiger partial charge in [0.05, 0.1) is 11.2 Å². The maximum absolute atomic E-state index is 11.6. The molecule has 0 amide bonds. The molecule has 4 rings (SSSR count). The maximum atomic E-state index is 11.6. The average Bonchev–Trinajstić information content (AvgIpc) is 2.88. The van der Waals surface area contributed by atoms with Crippen molar-refractivity contribution in [3.8, 4) is 11.1 Å². The van der Waals surface area contributed by atoms with Crippen molar-refractivity contribution in [3.63, 3.8) is 0 Å². The van der Waals surface area contributed by atoms with Crippen LogP contribution < -0.4 is 0 Å². The molecule has 1 fully saturated rings. The number of aromatic nitrogens is 2. The van der Waals surface area contributed by atoms with E-state index in [1.807, 2.05) is 31.4 Å². The van der Waals surface area contributed by atoms with Gasteiger partial charge in [-0.25, -0.2) is 0 Å². The Bertz CT molecular complexity index is 889. The Morgan fingerprint density at radius 3 is 2.65 bits per heavy atom. The number of benzene rings is 1. The molecule has 116 valence electrons. The first-order valence-corrected chi connectivity index (χ1v) is 7.86. The predicted molar refractivity (Wildman–Crippen MR) is 89.3 cm³/mol. The number of carboxylic acid groups (broad SMARTS) is 1. The van der Waals surface area contributed by atoms with Crippen molar-refractivity contribution in [1.29, 1.82) is 0 Å². The number of aliphatic carboxylic acids is 1. The molecule has 1 N–H and O–H groups in total. The number of hydrogen-bond acceptors (Lipinski definition) is 2. The smallest absolute Gasteiger partial charge is 0.315 e. The van der Waals surface area contributed by atoms with Gasteiger partial charge in [-0.05, 0) is 25.0 Å². The molecule has 0 radical (unpaired) electrons. The van der Waals surface area contributed by atoms with Gasteiger partial charge in [0.2, 0.25) is 0 Å². The fourth-order valence-electron chi connectivity index (χ4n) is 3.54. The molecule has 0 bridgehead atoms. The number of rotatable bonds is 3. The van der Waals surface area contributed by atoms with Crippen LogP contribution in [0.15, 0.2) is 48.8 Å². The fraction of sp³-hybridized carbons (Fsp3) is 0.263. The first-order chi connectivity index (χ1) is 11.1. The zero-order chi connectivity index (χ0) is 16.0. The minimum atomic E-state index is -0.768. The number of hydrogen-bond donors (Lipinski definition) is 1. The van der Waals surface area contributed by atoms with E-state index in [1.165, 1.54) is 10.9 Å². The summed E-state index contributed by atoms with van der Waals surface area (Å²) in [5, 5.41) is 10.7. The van der Waals surface area contributed by atoms with Gasteiger partial charge in [-0.3, -0.25) is 9.78 Å². The number of aryl methyl sites for hydroxylation is 1. The Labute approximate surface area is 134 Å². The van der Waals surface area contributed by atoms with Gasteiger partial charge >= 0.3 is 5.97 Å². The minimum absolute atomic E-state index is 0.680. The Morgan fingerprint density at radius 1 is 1.22 bits per heavy atom. The first-order valence-electron chi connectivity index (χ1n) is 7.86. The third-order valence-corrected chi connectivity index (χ3v) is 5.08. The highest BCUT2D eigenvalue weighted by Crippen LogP contribution is 2.43. The molecule has 0 unspecified atom stereocenters. The number of carboxylic acids is 1. The summed E-state index contributed by atoms with van der Waals surface area (Å²) in [6.45, 7) is 0. The molecule has 4 nitrogen and oxygen atoms in total. The highest BCUT2D eigenvalue weighted by atomic mass is 16.4. The van der Waals surface area contributed by atoms with Crippen molar-refractivity contribution in [2.24, 2.45) is 7.05 Å². The fourth-order valence-corrected chi connectivity index (χ4v) is 3.54. The summed E-state index contributed by atoms with van der Waals surface area (Å²) in [5.74, 6) is -0.756. The molecule has 1 aliphatic carbocycles. The van der Waals surface area contributed by atoms with Gasteiger partial charge in [0.25, 0.3) is 0 Å². The number of pyridine rings is 1. The highest BCUT2D eigenvalue weighted by Gasteiger charge is 2.47. The largest absolute Gasteiger partial charge is 0.481 e. The van der Waals surface area contributed by atoms with Crippen molar-refractivity contribution in [3.05, 3.63) is 54.5 Å². The van der Waals surface area contributed by atoms with Crippen LogP contribution in [0, 0.1) is 0 Å². The Hall–Kier alpha value is -2.62. The summed E-state index contributed by atoms with van der Waals surface area (Å²) in [5.41, 5.74) is 3.21. The monoisotopic (exact) mass is 306 g/mol. The zero-order valence-corrected chi connectivity index (χ0v) is 13.0. The lowest BCUT2D eigenvalue weighted by molar-refractivity contribution is -0.147. The predicted octanol–water partition coefficient (Wildman–Crippen LogP) is 3.75. The summed E-state index contributed by atoms with van der Waals surface area (Å²) >= 11 is 0. The summed E-state index contributed by atoms with van der Waals surface area (Å²) in [6, 6.07) is 12.2. The molecule has 4 heteroatoms. The number of carbonyl (C=O) groups is 1. The molecule has 2 aromatic heterocycles. The molecule has 23 heavy (non-hydrogen) atoms. The Balaban J connectivity index is 1.79. The van der Waals surface area contributed by atoms with Gasteiger partial charge in [-0.1, -0.05) is 30.7 Å². The van der Waals surface area contributed by atoms with Crippen LogP contribution in [0.5, 0.6) is 0 Å². The maximum Gasteiger partial charge on any atom is 0.315 e. The van der Waals surface area contributed by atoms with E-state index < -0.39 is 11.4 Å². The van der Waals surface area contributed by atoms with Crippen LogP contribution in [0.25, 0.3) is 22.0 Å².